The Kier molecular flexibility index (Phi) is 2.28. The van der Waals surface area contributed by atoms with Crippen LogP contribution in [0.5, 0.6) is 0 Å². The molecule has 10 heteroatoms. The number of carbonyl (C=O) groups is 1. The molecule has 0 bridgehead atoms. The van der Waals surface area contributed by atoms with Gasteiger partial charge in [0.15, 0.2) is 12.0 Å². The van der Waals surface area contributed by atoms with Crippen LogP contribution >= 0.6 is 0 Å². The Morgan fingerprint density at radius 2 is 2.12 bits per heavy atom. The first kappa shape index (κ1) is 11.0. The van der Waals surface area contributed by atoms with Gasteiger partial charge >= 0.3 is 16.9 Å². The number of aliphatic hydroxyl groups is 1. The molecule has 17 heavy (non-hydrogen) atoms. The second kappa shape index (κ2) is 3.52. The van der Waals surface area contributed by atoms with Gasteiger partial charge in [-0.3, -0.25) is 19.9 Å². The maximum atomic E-state index is 11.3. The molecule has 0 fully saturated rings. The van der Waals surface area contributed by atoms with Crippen LogP contribution < -0.4 is 16.6 Å². The van der Waals surface area contributed by atoms with Crippen LogP contribution in [-0.2, 0) is 4.79 Å². The summed E-state index contributed by atoms with van der Waals surface area (Å²) >= 11 is 0. The highest BCUT2D eigenvalue weighted by Crippen LogP contribution is 2.28. The largest absolute Gasteiger partial charge is 0.374 e. The van der Waals surface area contributed by atoms with Crippen molar-refractivity contribution in [2.24, 2.45) is 0 Å². The number of fused-ring (bicyclic) bond motifs is 1. The van der Waals surface area contributed by atoms with Crippen LogP contribution in [-0.4, -0.2) is 31.9 Å². The van der Waals surface area contributed by atoms with E-state index in [0.717, 1.165) is 0 Å². The summed E-state index contributed by atoms with van der Waals surface area (Å²) in [7, 11) is 0. The number of hydrogen-bond acceptors (Lipinski definition) is 7. The van der Waals surface area contributed by atoms with Crippen LogP contribution in [0.2, 0.25) is 0 Å². The SMILES string of the molecule is O=C[C@H]1Nc2c([N+](=O)[O-])c(=O)[nH]c(=O)n2[C@@H]1O. The third-order valence-electron chi connectivity index (χ3n) is 2.34. The molecule has 10 nitrogen and oxygen atoms in total. The van der Waals surface area contributed by atoms with Gasteiger partial charge in [0.05, 0.1) is 4.92 Å². The molecule has 90 valence electrons. The van der Waals surface area contributed by atoms with Gasteiger partial charge in [0, 0.05) is 0 Å². The number of rotatable bonds is 2. The number of nitrogens with one attached hydrogen (secondary N) is 2. The van der Waals surface area contributed by atoms with Crippen molar-refractivity contribution in [3.05, 3.63) is 31.0 Å². The van der Waals surface area contributed by atoms with Crippen molar-refractivity contribution in [1.82, 2.24) is 9.55 Å². The maximum absolute atomic E-state index is 11.3. The molecular formula is C7H6N4O6. The molecule has 0 radical (unpaired) electrons. The normalized spacial score (nSPS) is 21.7. The van der Waals surface area contributed by atoms with E-state index in [0.29, 0.717) is 4.57 Å². The maximum Gasteiger partial charge on any atom is 0.374 e. The van der Waals surface area contributed by atoms with Crippen LogP contribution in [0.3, 0.4) is 0 Å². The molecular weight excluding hydrogens is 236 g/mol. The van der Waals surface area contributed by atoms with Crippen LogP contribution in [0.15, 0.2) is 9.59 Å². The summed E-state index contributed by atoms with van der Waals surface area (Å²) in [5.41, 5.74) is -3.15. The Morgan fingerprint density at radius 1 is 1.47 bits per heavy atom. The molecule has 0 unspecified atom stereocenters. The lowest BCUT2D eigenvalue weighted by atomic mass is 10.3. The topological polar surface area (TPSA) is 147 Å². The molecule has 0 aromatic carbocycles. The highest BCUT2D eigenvalue weighted by molar-refractivity contribution is 5.70. The number of aliphatic hydroxyl groups excluding tert-OH is 1. The third-order valence-corrected chi connectivity index (χ3v) is 2.34. The minimum absolute atomic E-state index is 0.283. The number of aromatic nitrogens is 2. The molecule has 2 rings (SSSR count). The zero-order chi connectivity index (χ0) is 12.7. The summed E-state index contributed by atoms with van der Waals surface area (Å²) in [6.45, 7) is 0. The Labute approximate surface area is 91.7 Å². The van der Waals surface area contributed by atoms with E-state index in [1.54, 1.807) is 4.98 Å². The zero-order valence-corrected chi connectivity index (χ0v) is 8.11. The lowest BCUT2D eigenvalue weighted by Crippen LogP contribution is -2.33. The average Bonchev–Trinajstić information content (AvgIpc) is 2.55. The van der Waals surface area contributed by atoms with Gasteiger partial charge in [0.1, 0.15) is 12.3 Å². The van der Waals surface area contributed by atoms with Crippen molar-refractivity contribution in [3.8, 4) is 0 Å². The van der Waals surface area contributed by atoms with E-state index in [1.165, 1.54) is 0 Å². The van der Waals surface area contributed by atoms with E-state index in [1.807, 2.05) is 0 Å². The summed E-state index contributed by atoms with van der Waals surface area (Å²) in [6.07, 6.45) is -1.31. The quantitative estimate of drug-likeness (QED) is 0.306. The Morgan fingerprint density at radius 3 is 2.65 bits per heavy atom. The van der Waals surface area contributed by atoms with Crippen LogP contribution in [0.1, 0.15) is 6.23 Å². The second-order valence-corrected chi connectivity index (χ2v) is 3.30. The predicted octanol–water partition coefficient (Wildman–Crippen LogP) is -2.07. The van der Waals surface area contributed by atoms with Crippen molar-refractivity contribution in [2.45, 2.75) is 12.3 Å². The highest BCUT2D eigenvalue weighted by Gasteiger charge is 2.38. The molecule has 2 heterocycles. The third kappa shape index (κ3) is 1.42. The number of hydrogen-bond donors (Lipinski definition) is 3. The smallest absolute Gasteiger partial charge is 0.370 e. The first-order chi connectivity index (χ1) is 7.97. The summed E-state index contributed by atoms with van der Waals surface area (Å²) < 4.78 is 0.554. The molecule has 0 amide bonds. The van der Waals surface area contributed by atoms with E-state index in [4.69, 9.17) is 0 Å². The minimum atomic E-state index is -1.59. The molecule has 0 spiro atoms. The standard InChI is InChI=1S/C7H6N4O6/c12-1-2-6(14)10-4(8-2)3(11(16)17)5(13)9-7(10)15/h1-2,6,8,14H,(H,9,13,15)/t2-,6-/m1/s1. The number of anilines is 1. The number of nitrogens with zero attached hydrogens (tertiary/aromatic N) is 2. The van der Waals surface area contributed by atoms with Crippen molar-refractivity contribution in [1.29, 1.82) is 0 Å². The summed E-state index contributed by atoms with van der Waals surface area (Å²) in [4.78, 5) is 44.5. The summed E-state index contributed by atoms with van der Waals surface area (Å²) in [6, 6.07) is -1.21. The summed E-state index contributed by atoms with van der Waals surface area (Å²) in [5.74, 6) is -0.478. The zero-order valence-electron chi connectivity index (χ0n) is 8.11. The van der Waals surface area contributed by atoms with Crippen molar-refractivity contribution in [3.63, 3.8) is 0 Å². The van der Waals surface area contributed by atoms with Crippen LogP contribution in [0, 0.1) is 10.1 Å². The second-order valence-electron chi connectivity index (χ2n) is 3.30. The van der Waals surface area contributed by atoms with Gasteiger partial charge < -0.3 is 15.2 Å². The molecule has 0 aliphatic carbocycles. The van der Waals surface area contributed by atoms with E-state index in [-0.39, 0.29) is 6.29 Å². The molecule has 0 saturated heterocycles. The lowest BCUT2D eigenvalue weighted by Gasteiger charge is -2.06. The van der Waals surface area contributed by atoms with Gasteiger partial charge in [-0.2, -0.15) is 0 Å². The molecule has 3 N–H and O–H groups in total. The van der Waals surface area contributed by atoms with Gasteiger partial charge in [-0.15, -0.1) is 0 Å². The molecule has 1 aliphatic heterocycles. The summed E-state index contributed by atoms with van der Waals surface area (Å²) in [5, 5.41) is 22.4. The molecule has 1 aromatic rings. The van der Waals surface area contributed by atoms with Gasteiger partial charge in [0.25, 0.3) is 0 Å². The average molecular weight is 242 g/mol. The minimum Gasteiger partial charge on any atom is -0.370 e. The van der Waals surface area contributed by atoms with E-state index in [2.05, 4.69) is 5.32 Å². The number of aldehydes is 1. The number of nitro groups is 1. The Hall–Kier alpha value is -2.49. The Balaban J connectivity index is 2.79. The number of carbonyl (C=O) groups excluding carboxylic acids is 1. The van der Waals surface area contributed by atoms with Gasteiger partial charge in [-0.05, 0) is 0 Å². The van der Waals surface area contributed by atoms with Crippen molar-refractivity contribution in [2.75, 3.05) is 5.32 Å². The van der Waals surface area contributed by atoms with Crippen molar-refractivity contribution >= 4 is 17.8 Å². The molecule has 1 aromatic heterocycles. The molecule has 0 saturated carbocycles. The lowest BCUT2D eigenvalue weighted by molar-refractivity contribution is -0.385. The fourth-order valence-electron chi connectivity index (χ4n) is 1.60. The fraction of sp³-hybridized carbons (Fsp3) is 0.286. The molecule has 2 atom stereocenters. The van der Waals surface area contributed by atoms with Crippen LogP contribution in [0.25, 0.3) is 0 Å². The first-order valence-corrected chi connectivity index (χ1v) is 4.40. The van der Waals surface area contributed by atoms with E-state index in [9.17, 15) is 29.6 Å². The highest BCUT2D eigenvalue weighted by atomic mass is 16.6. The van der Waals surface area contributed by atoms with Crippen LogP contribution in [0.4, 0.5) is 11.5 Å². The Bertz CT molecular complexity index is 616. The fourth-order valence-corrected chi connectivity index (χ4v) is 1.60. The molecule has 1 aliphatic rings. The number of aromatic amines is 1. The first-order valence-electron chi connectivity index (χ1n) is 4.40. The van der Waals surface area contributed by atoms with Gasteiger partial charge in [0.2, 0.25) is 0 Å². The van der Waals surface area contributed by atoms with Crippen molar-refractivity contribution < 1.29 is 14.8 Å². The monoisotopic (exact) mass is 242 g/mol. The van der Waals surface area contributed by atoms with Gasteiger partial charge in [-0.1, -0.05) is 0 Å². The van der Waals surface area contributed by atoms with Gasteiger partial charge in [-0.25, -0.2) is 9.36 Å². The number of H-pyrrole nitrogens is 1. The van der Waals surface area contributed by atoms with E-state index < -0.39 is 39.9 Å². The predicted molar refractivity (Wildman–Crippen MR) is 52.7 cm³/mol. The van der Waals surface area contributed by atoms with E-state index >= 15 is 0 Å².